The van der Waals surface area contributed by atoms with Gasteiger partial charge >= 0.3 is 0 Å². The van der Waals surface area contributed by atoms with Gasteiger partial charge in [-0.15, -0.1) is 24.0 Å². The molecule has 1 unspecified atom stereocenters. The van der Waals surface area contributed by atoms with Crippen molar-refractivity contribution >= 4 is 29.9 Å². The highest BCUT2D eigenvalue weighted by molar-refractivity contribution is 14.0. The summed E-state index contributed by atoms with van der Waals surface area (Å²) in [5, 5.41) is 0. The van der Waals surface area contributed by atoms with Crippen molar-refractivity contribution in [3.05, 3.63) is 30.3 Å². The largest absolute Gasteiger partial charge is 0.489 e. The monoisotopic (exact) mass is 391 g/mol. The number of aliphatic imine (C=N–C) groups is 1. The number of hydrogen-bond donors (Lipinski definition) is 1. The lowest BCUT2D eigenvalue weighted by Gasteiger charge is -2.27. The number of morpholine rings is 1. The molecule has 112 valence electrons. The molecule has 20 heavy (non-hydrogen) atoms. The van der Waals surface area contributed by atoms with E-state index in [0.717, 1.165) is 18.8 Å². The van der Waals surface area contributed by atoms with Crippen LogP contribution in [0.1, 0.15) is 6.92 Å². The summed E-state index contributed by atoms with van der Waals surface area (Å²) in [6.07, 6.45) is 0.00184. The molecule has 5 nitrogen and oxygen atoms in total. The van der Waals surface area contributed by atoms with Gasteiger partial charge in [0.1, 0.15) is 11.9 Å². The molecular weight excluding hydrogens is 369 g/mol. The molecule has 0 saturated carbocycles. The highest BCUT2D eigenvalue weighted by atomic mass is 127. The van der Waals surface area contributed by atoms with Crippen LogP contribution in [-0.2, 0) is 4.74 Å². The number of para-hydroxylation sites is 1. The normalized spacial score (nSPS) is 17.2. The topological polar surface area (TPSA) is 60.1 Å². The Balaban J connectivity index is 0.00000200. The minimum atomic E-state index is 0. The van der Waals surface area contributed by atoms with Crippen LogP contribution in [0.3, 0.4) is 0 Å². The van der Waals surface area contributed by atoms with Crippen LogP contribution >= 0.6 is 24.0 Å². The first-order valence-corrected chi connectivity index (χ1v) is 6.60. The third-order valence-electron chi connectivity index (χ3n) is 2.93. The van der Waals surface area contributed by atoms with Gasteiger partial charge in [-0.05, 0) is 19.1 Å². The van der Waals surface area contributed by atoms with Crippen LogP contribution in [0.4, 0.5) is 0 Å². The van der Waals surface area contributed by atoms with E-state index in [1.54, 1.807) is 0 Å². The standard InChI is InChI=1S/C14H21N3O2.HI/c1-12(19-13-5-3-2-4-6-13)11-16-14(15)17-7-9-18-10-8-17;/h2-6,12H,7-11H2,1H3,(H2,15,16);1H. The van der Waals surface area contributed by atoms with Crippen LogP contribution in [0.15, 0.2) is 35.3 Å². The maximum absolute atomic E-state index is 5.95. The number of nitrogens with two attached hydrogens (primary N) is 1. The van der Waals surface area contributed by atoms with E-state index < -0.39 is 0 Å². The van der Waals surface area contributed by atoms with Gasteiger partial charge in [0.25, 0.3) is 0 Å². The number of ether oxygens (including phenoxy) is 2. The second-order valence-electron chi connectivity index (χ2n) is 4.54. The summed E-state index contributed by atoms with van der Waals surface area (Å²) >= 11 is 0. The summed E-state index contributed by atoms with van der Waals surface area (Å²) < 4.78 is 11.0. The third kappa shape index (κ3) is 5.54. The first-order chi connectivity index (χ1) is 9.25. The van der Waals surface area contributed by atoms with Crippen LogP contribution < -0.4 is 10.5 Å². The molecule has 0 spiro atoms. The van der Waals surface area contributed by atoms with Crippen molar-refractivity contribution in [3.8, 4) is 5.75 Å². The highest BCUT2D eigenvalue weighted by Crippen LogP contribution is 2.10. The second kappa shape index (κ2) is 9.02. The van der Waals surface area contributed by atoms with Crippen LogP contribution in [0.25, 0.3) is 0 Å². The van der Waals surface area contributed by atoms with Crippen molar-refractivity contribution in [2.24, 2.45) is 10.7 Å². The van der Waals surface area contributed by atoms with Crippen molar-refractivity contribution in [2.75, 3.05) is 32.8 Å². The molecule has 0 amide bonds. The molecule has 1 fully saturated rings. The zero-order valence-corrected chi connectivity index (χ0v) is 14.0. The molecule has 0 radical (unpaired) electrons. The Bertz CT molecular complexity index is 408. The van der Waals surface area contributed by atoms with Gasteiger partial charge < -0.3 is 20.1 Å². The zero-order chi connectivity index (χ0) is 13.5. The van der Waals surface area contributed by atoms with E-state index in [9.17, 15) is 0 Å². The molecule has 0 aromatic heterocycles. The van der Waals surface area contributed by atoms with E-state index >= 15 is 0 Å². The van der Waals surface area contributed by atoms with Crippen molar-refractivity contribution in [2.45, 2.75) is 13.0 Å². The van der Waals surface area contributed by atoms with Gasteiger partial charge in [0.15, 0.2) is 5.96 Å². The zero-order valence-electron chi connectivity index (χ0n) is 11.7. The lowest BCUT2D eigenvalue weighted by atomic mass is 10.3. The Morgan fingerprint density at radius 2 is 2.00 bits per heavy atom. The first-order valence-electron chi connectivity index (χ1n) is 6.60. The predicted octanol–water partition coefficient (Wildman–Crippen LogP) is 1.72. The van der Waals surface area contributed by atoms with E-state index in [1.165, 1.54) is 0 Å². The van der Waals surface area contributed by atoms with Crippen molar-refractivity contribution in [1.29, 1.82) is 0 Å². The average molecular weight is 391 g/mol. The van der Waals surface area contributed by atoms with Gasteiger partial charge in [0.2, 0.25) is 0 Å². The fourth-order valence-electron chi connectivity index (χ4n) is 1.88. The van der Waals surface area contributed by atoms with Gasteiger partial charge in [0.05, 0.1) is 19.8 Å². The highest BCUT2D eigenvalue weighted by Gasteiger charge is 2.12. The Morgan fingerprint density at radius 1 is 1.35 bits per heavy atom. The Hall–Kier alpha value is -1.02. The summed E-state index contributed by atoms with van der Waals surface area (Å²) in [6.45, 7) is 5.59. The molecule has 1 aromatic carbocycles. The van der Waals surface area contributed by atoms with E-state index in [1.807, 2.05) is 42.2 Å². The maximum atomic E-state index is 5.95. The molecule has 1 aliphatic heterocycles. The number of halogens is 1. The number of nitrogens with zero attached hydrogens (tertiary/aromatic N) is 2. The predicted molar refractivity (Wildman–Crippen MR) is 90.8 cm³/mol. The third-order valence-corrected chi connectivity index (χ3v) is 2.93. The number of guanidine groups is 1. The Morgan fingerprint density at radius 3 is 2.65 bits per heavy atom. The number of hydrogen-bond acceptors (Lipinski definition) is 3. The molecule has 2 rings (SSSR count). The van der Waals surface area contributed by atoms with Gasteiger partial charge in [-0.3, -0.25) is 0 Å². The SMILES string of the molecule is CC(CN=C(N)N1CCOCC1)Oc1ccccc1.I. The van der Waals surface area contributed by atoms with Crippen LogP contribution in [0.5, 0.6) is 5.75 Å². The molecule has 1 atom stereocenters. The van der Waals surface area contributed by atoms with Crippen molar-refractivity contribution in [1.82, 2.24) is 4.90 Å². The molecular formula is C14H22IN3O2. The molecule has 1 saturated heterocycles. The number of benzene rings is 1. The summed E-state index contributed by atoms with van der Waals surface area (Å²) in [6, 6.07) is 9.74. The van der Waals surface area contributed by atoms with E-state index in [-0.39, 0.29) is 30.1 Å². The number of rotatable bonds is 4. The lowest BCUT2D eigenvalue weighted by Crippen LogP contribution is -2.45. The van der Waals surface area contributed by atoms with Crippen LogP contribution in [-0.4, -0.2) is 49.8 Å². The lowest BCUT2D eigenvalue weighted by molar-refractivity contribution is 0.0673. The van der Waals surface area contributed by atoms with Gasteiger partial charge in [0, 0.05) is 13.1 Å². The minimum absolute atomic E-state index is 0. The maximum Gasteiger partial charge on any atom is 0.191 e. The summed E-state index contributed by atoms with van der Waals surface area (Å²) in [7, 11) is 0. The second-order valence-corrected chi connectivity index (χ2v) is 4.54. The van der Waals surface area contributed by atoms with E-state index in [0.29, 0.717) is 25.7 Å². The molecule has 1 heterocycles. The minimum Gasteiger partial charge on any atom is -0.489 e. The molecule has 0 aliphatic carbocycles. The van der Waals surface area contributed by atoms with E-state index in [2.05, 4.69) is 4.99 Å². The first kappa shape index (κ1) is 17.0. The van der Waals surface area contributed by atoms with E-state index in [4.69, 9.17) is 15.2 Å². The Kier molecular flexibility index (Phi) is 7.68. The molecule has 6 heteroatoms. The smallest absolute Gasteiger partial charge is 0.191 e. The summed E-state index contributed by atoms with van der Waals surface area (Å²) in [4.78, 5) is 6.42. The summed E-state index contributed by atoms with van der Waals surface area (Å²) in [5.41, 5.74) is 5.95. The fraction of sp³-hybridized carbons (Fsp3) is 0.500. The molecule has 1 aliphatic rings. The quantitative estimate of drug-likeness (QED) is 0.483. The fourth-order valence-corrected chi connectivity index (χ4v) is 1.88. The van der Waals surface area contributed by atoms with Crippen molar-refractivity contribution in [3.63, 3.8) is 0 Å². The average Bonchev–Trinajstić information content (AvgIpc) is 2.47. The van der Waals surface area contributed by atoms with Crippen LogP contribution in [0, 0.1) is 0 Å². The molecule has 1 aromatic rings. The summed E-state index contributed by atoms with van der Waals surface area (Å²) in [5.74, 6) is 1.43. The van der Waals surface area contributed by atoms with Crippen molar-refractivity contribution < 1.29 is 9.47 Å². The van der Waals surface area contributed by atoms with Gasteiger partial charge in [-0.2, -0.15) is 0 Å². The molecule has 2 N–H and O–H groups in total. The van der Waals surface area contributed by atoms with Gasteiger partial charge in [-0.25, -0.2) is 4.99 Å². The molecule has 0 bridgehead atoms. The van der Waals surface area contributed by atoms with Crippen LogP contribution in [0.2, 0.25) is 0 Å². The van der Waals surface area contributed by atoms with Gasteiger partial charge in [-0.1, -0.05) is 18.2 Å². The Labute approximate surface area is 137 Å².